The van der Waals surface area contributed by atoms with E-state index in [2.05, 4.69) is 15.0 Å². The van der Waals surface area contributed by atoms with Crippen molar-refractivity contribution in [1.82, 2.24) is 19.5 Å². The fraction of sp³-hybridized carbons (Fsp3) is 0.688. The predicted molar refractivity (Wildman–Crippen MR) is 102 cm³/mol. The lowest BCUT2D eigenvalue weighted by Gasteiger charge is -2.27. The third-order valence-electron chi connectivity index (χ3n) is 4.45. The highest BCUT2D eigenvalue weighted by atomic mass is 31.1. The van der Waals surface area contributed by atoms with Crippen LogP contribution in [0.4, 0.5) is 10.3 Å². The topological polar surface area (TPSA) is 144 Å². The van der Waals surface area contributed by atoms with Crippen LogP contribution in [0.25, 0.3) is 11.2 Å². The van der Waals surface area contributed by atoms with Gasteiger partial charge in [0.2, 0.25) is 11.8 Å². The summed E-state index contributed by atoms with van der Waals surface area (Å²) >= 11 is 0. The summed E-state index contributed by atoms with van der Waals surface area (Å²) in [6.45, 7) is 4.79. The second-order valence-electron chi connectivity index (χ2n) is 6.64. The van der Waals surface area contributed by atoms with Crippen LogP contribution in [0, 0.1) is 0 Å². The Balaban J connectivity index is 1.98. The molecule has 0 saturated carbocycles. The van der Waals surface area contributed by atoms with Crippen LogP contribution in [0.3, 0.4) is 0 Å². The van der Waals surface area contributed by atoms with Gasteiger partial charge < -0.3 is 29.4 Å². The first-order valence-electron chi connectivity index (χ1n) is 9.24. The van der Waals surface area contributed by atoms with E-state index in [4.69, 9.17) is 24.3 Å². The van der Waals surface area contributed by atoms with Gasteiger partial charge in [-0.1, -0.05) is 6.92 Å². The molecule has 162 valence electrons. The maximum atomic E-state index is 15.8. The molecule has 0 aliphatic carbocycles. The Morgan fingerprint density at radius 1 is 1.45 bits per heavy atom. The Labute approximate surface area is 167 Å². The zero-order valence-electron chi connectivity index (χ0n) is 16.4. The molecule has 0 spiro atoms. The van der Waals surface area contributed by atoms with E-state index in [9.17, 15) is 9.67 Å². The van der Waals surface area contributed by atoms with Gasteiger partial charge in [-0.2, -0.15) is 9.97 Å². The normalized spacial score (nSPS) is 28.1. The molecular weight excluding hydrogens is 408 g/mol. The molecule has 1 aliphatic rings. The molecule has 3 rings (SSSR count). The van der Waals surface area contributed by atoms with E-state index < -0.39 is 39.0 Å². The first-order valence-corrected chi connectivity index (χ1v) is 10.5. The third-order valence-corrected chi connectivity index (χ3v) is 5.42. The maximum absolute atomic E-state index is 15.8. The van der Waals surface area contributed by atoms with Crippen LogP contribution in [0.15, 0.2) is 6.33 Å². The van der Waals surface area contributed by atoms with Gasteiger partial charge in [-0.25, -0.2) is 9.37 Å². The lowest BCUT2D eigenvalue weighted by atomic mass is 9.98. The van der Waals surface area contributed by atoms with E-state index in [1.165, 1.54) is 17.8 Å². The number of aromatic nitrogens is 4. The summed E-state index contributed by atoms with van der Waals surface area (Å²) in [4.78, 5) is 12.4. The SMILES string of the molecule is CCCOc1nc(N)nc2c1ncn2[C@@H]1O[C@H](CO)[C@@H](O[PH](=O)OCC)[C@@]1(C)F. The fourth-order valence-electron chi connectivity index (χ4n) is 3.17. The molecular formula is C16H25FN5O6P. The Kier molecular flexibility index (Phi) is 6.69. The third kappa shape index (κ3) is 4.22. The molecule has 29 heavy (non-hydrogen) atoms. The first-order chi connectivity index (χ1) is 13.8. The first kappa shape index (κ1) is 21.8. The average molecular weight is 433 g/mol. The molecule has 1 aliphatic heterocycles. The van der Waals surface area contributed by atoms with Crippen molar-refractivity contribution in [2.45, 2.75) is 51.3 Å². The quantitative estimate of drug-likeness (QED) is 0.560. The number of nitrogens with zero attached hydrogens (tertiary/aromatic N) is 4. The van der Waals surface area contributed by atoms with Gasteiger partial charge in [0.1, 0.15) is 12.2 Å². The monoisotopic (exact) mass is 433 g/mol. The molecule has 0 aromatic carbocycles. The highest BCUT2D eigenvalue weighted by Crippen LogP contribution is 2.47. The predicted octanol–water partition coefficient (Wildman–Crippen LogP) is 1.63. The molecule has 1 fully saturated rings. The van der Waals surface area contributed by atoms with Crippen LogP contribution in [-0.2, 0) is 18.3 Å². The second kappa shape index (κ2) is 8.88. The molecule has 0 amide bonds. The molecule has 11 nitrogen and oxygen atoms in total. The number of hydrogen-bond donors (Lipinski definition) is 2. The van der Waals surface area contributed by atoms with Gasteiger partial charge in [0.05, 0.1) is 26.1 Å². The lowest BCUT2D eigenvalue weighted by molar-refractivity contribution is -0.0566. The van der Waals surface area contributed by atoms with E-state index in [-0.39, 0.29) is 24.1 Å². The van der Waals surface area contributed by atoms with Gasteiger partial charge in [-0.3, -0.25) is 9.13 Å². The molecule has 5 atom stereocenters. The van der Waals surface area contributed by atoms with Gasteiger partial charge in [0.25, 0.3) is 0 Å². The van der Waals surface area contributed by atoms with Crippen molar-refractivity contribution in [2.75, 3.05) is 25.6 Å². The van der Waals surface area contributed by atoms with E-state index >= 15 is 4.39 Å². The standard InChI is InChI=1S/C16H25FN5O6P/c1-4-6-25-13-10-12(20-15(18)21-13)22(8-19-10)14-16(3,17)11(9(7-23)27-14)28-29(24)26-5-2/h8-9,11,14,23,29H,4-7H2,1-3H3,(H2,18,20,21)/t9-,11-,14-,16-/m1/s1. The number of hydrogen-bond acceptors (Lipinski definition) is 10. The van der Waals surface area contributed by atoms with Crippen LogP contribution in [-0.4, -0.2) is 62.3 Å². The fourth-order valence-corrected chi connectivity index (χ4v) is 4.07. The van der Waals surface area contributed by atoms with E-state index in [0.29, 0.717) is 12.1 Å². The van der Waals surface area contributed by atoms with Gasteiger partial charge in [-0.15, -0.1) is 0 Å². The summed E-state index contributed by atoms with van der Waals surface area (Å²) in [5, 5.41) is 9.63. The van der Waals surface area contributed by atoms with Gasteiger partial charge >= 0.3 is 8.25 Å². The number of ether oxygens (including phenoxy) is 2. The number of rotatable bonds is 9. The Morgan fingerprint density at radius 3 is 2.86 bits per heavy atom. The lowest BCUT2D eigenvalue weighted by Crippen LogP contribution is -2.41. The summed E-state index contributed by atoms with van der Waals surface area (Å²) in [6.07, 6.45) is -1.61. The van der Waals surface area contributed by atoms with Crippen molar-refractivity contribution in [3.63, 3.8) is 0 Å². The van der Waals surface area contributed by atoms with Crippen LogP contribution < -0.4 is 10.5 Å². The molecule has 3 heterocycles. The van der Waals surface area contributed by atoms with Crippen molar-refractivity contribution in [1.29, 1.82) is 0 Å². The number of imidazole rings is 1. The maximum Gasteiger partial charge on any atom is 0.319 e. The number of nitrogens with two attached hydrogens (primary N) is 1. The summed E-state index contributed by atoms with van der Waals surface area (Å²) < 4.78 is 50.4. The molecule has 1 saturated heterocycles. The summed E-state index contributed by atoms with van der Waals surface area (Å²) in [6, 6.07) is 0. The van der Waals surface area contributed by atoms with Crippen molar-refractivity contribution in [3.05, 3.63) is 6.33 Å². The van der Waals surface area contributed by atoms with Crippen molar-refractivity contribution < 1.29 is 32.6 Å². The number of halogens is 1. The molecule has 2 aromatic rings. The Hall–Kier alpha value is -1.85. The summed E-state index contributed by atoms with van der Waals surface area (Å²) in [5.41, 5.74) is 4.08. The minimum atomic E-state index is -2.96. The highest BCUT2D eigenvalue weighted by Gasteiger charge is 2.57. The van der Waals surface area contributed by atoms with Crippen molar-refractivity contribution in [2.24, 2.45) is 0 Å². The number of aliphatic hydroxyl groups is 1. The summed E-state index contributed by atoms with van der Waals surface area (Å²) in [7, 11) is -2.96. The number of aliphatic hydroxyl groups excluding tert-OH is 1. The minimum Gasteiger partial charge on any atom is -0.476 e. The number of anilines is 1. The van der Waals surface area contributed by atoms with E-state index in [1.54, 1.807) is 6.92 Å². The van der Waals surface area contributed by atoms with Gasteiger partial charge in [0.15, 0.2) is 23.1 Å². The number of alkyl halides is 1. The smallest absolute Gasteiger partial charge is 0.319 e. The average Bonchev–Trinajstić information content (AvgIpc) is 3.18. The molecule has 2 aromatic heterocycles. The zero-order chi connectivity index (χ0) is 21.2. The minimum absolute atomic E-state index is 0.0724. The molecule has 1 unspecified atom stereocenters. The Morgan fingerprint density at radius 2 is 2.21 bits per heavy atom. The molecule has 13 heteroatoms. The van der Waals surface area contributed by atoms with Crippen LogP contribution >= 0.6 is 8.25 Å². The van der Waals surface area contributed by atoms with Gasteiger partial charge in [0, 0.05) is 0 Å². The van der Waals surface area contributed by atoms with Crippen LogP contribution in [0.5, 0.6) is 5.88 Å². The highest BCUT2D eigenvalue weighted by molar-refractivity contribution is 7.33. The Bertz CT molecular complexity index is 881. The number of nitrogen functional groups attached to an aromatic ring is 1. The van der Waals surface area contributed by atoms with Crippen LogP contribution in [0.1, 0.15) is 33.4 Å². The molecule has 3 N–H and O–H groups in total. The number of fused-ring (bicyclic) bond motifs is 1. The van der Waals surface area contributed by atoms with Crippen LogP contribution in [0.2, 0.25) is 0 Å². The molecule has 0 radical (unpaired) electrons. The van der Waals surface area contributed by atoms with Crippen molar-refractivity contribution in [3.8, 4) is 5.88 Å². The second-order valence-corrected chi connectivity index (χ2v) is 7.67. The molecule has 0 bridgehead atoms. The van der Waals surface area contributed by atoms with E-state index in [1.807, 2.05) is 6.92 Å². The largest absolute Gasteiger partial charge is 0.476 e. The summed E-state index contributed by atoms with van der Waals surface area (Å²) in [5.74, 6) is 0.108. The van der Waals surface area contributed by atoms with Crippen molar-refractivity contribution >= 4 is 25.4 Å². The zero-order valence-corrected chi connectivity index (χ0v) is 17.4. The van der Waals surface area contributed by atoms with E-state index in [0.717, 1.165) is 6.42 Å². The van der Waals surface area contributed by atoms with Gasteiger partial charge in [-0.05, 0) is 20.3 Å².